The molecule has 2 aromatic carbocycles. The molecule has 1 spiro atoms. The molecule has 1 saturated heterocycles. The number of anilines is 1. The minimum Gasteiger partial charge on any atom is -0.487 e. The van der Waals surface area contributed by atoms with Crippen LogP contribution in [0.2, 0.25) is 0 Å². The Morgan fingerprint density at radius 3 is 2.30 bits per heavy atom. The lowest BCUT2D eigenvalue weighted by molar-refractivity contribution is 0.0224. The Bertz CT molecular complexity index is 1610. The highest BCUT2D eigenvalue weighted by atomic mass is 32.2. The number of hydrogen-bond acceptors (Lipinski definition) is 9. The van der Waals surface area contributed by atoms with Crippen LogP contribution >= 0.6 is 0 Å². The van der Waals surface area contributed by atoms with E-state index in [4.69, 9.17) is 9.26 Å². The van der Waals surface area contributed by atoms with Crippen LogP contribution in [0, 0.1) is 0 Å². The molecule has 4 heterocycles. The Kier molecular flexibility index (Phi) is 6.82. The van der Waals surface area contributed by atoms with E-state index in [2.05, 4.69) is 43.2 Å². The van der Waals surface area contributed by atoms with Gasteiger partial charge in [0.05, 0.1) is 11.3 Å². The van der Waals surface area contributed by atoms with Gasteiger partial charge >= 0.3 is 0 Å². The van der Waals surface area contributed by atoms with Crippen LogP contribution in [-0.4, -0.2) is 53.5 Å². The van der Waals surface area contributed by atoms with E-state index in [1.54, 1.807) is 12.4 Å². The molecule has 9 nitrogen and oxygen atoms in total. The van der Waals surface area contributed by atoms with Gasteiger partial charge in [-0.3, -0.25) is 0 Å². The van der Waals surface area contributed by atoms with E-state index >= 15 is 0 Å². The third-order valence-electron chi connectivity index (χ3n) is 7.75. The summed E-state index contributed by atoms with van der Waals surface area (Å²) < 4.78 is 35.2. The molecular formula is C30H33N5O4S. The van der Waals surface area contributed by atoms with Crippen LogP contribution in [0.3, 0.4) is 0 Å². The smallest absolute Gasteiger partial charge is 0.261 e. The van der Waals surface area contributed by atoms with Gasteiger partial charge < -0.3 is 14.2 Å². The predicted molar refractivity (Wildman–Crippen MR) is 153 cm³/mol. The fourth-order valence-electron chi connectivity index (χ4n) is 5.44. The minimum absolute atomic E-state index is 0.0571. The second kappa shape index (κ2) is 10.3. The Morgan fingerprint density at radius 1 is 0.950 bits per heavy atom. The number of aromatic nitrogens is 4. The average molecular weight is 560 g/mol. The van der Waals surface area contributed by atoms with Gasteiger partial charge in [-0.15, -0.1) is 0 Å². The van der Waals surface area contributed by atoms with Crippen molar-refractivity contribution in [1.29, 1.82) is 0 Å². The van der Waals surface area contributed by atoms with Gasteiger partial charge in [-0.1, -0.05) is 49.3 Å². The summed E-state index contributed by atoms with van der Waals surface area (Å²) in [4.78, 5) is 15.8. The van der Waals surface area contributed by atoms with Crippen LogP contribution in [0.25, 0.3) is 22.6 Å². The molecule has 0 saturated carbocycles. The highest BCUT2D eigenvalue weighted by molar-refractivity contribution is 7.89. The first-order valence-corrected chi connectivity index (χ1v) is 15.7. The molecular weight excluding hydrogens is 526 g/mol. The molecule has 2 aromatic heterocycles. The van der Waals surface area contributed by atoms with Crippen LogP contribution in [0.1, 0.15) is 56.0 Å². The van der Waals surface area contributed by atoms with E-state index in [0.717, 1.165) is 61.2 Å². The van der Waals surface area contributed by atoms with Crippen molar-refractivity contribution >= 4 is 15.8 Å². The zero-order valence-corrected chi connectivity index (χ0v) is 23.8. The first-order valence-electron chi connectivity index (χ1n) is 13.7. The molecule has 0 atom stereocenters. The Labute approximate surface area is 234 Å². The van der Waals surface area contributed by atoms with E-state index in [9.17, 15) is 8.42 Å². The molecule has 0 N–H and O–H groups in total. The van der Waals surface area contributed by atoms with Crippen molar-refractivity contribution in [2.75, 3.05) is 24.2 Å². The van der Waals surface area contributed by atoms with E-state index in [0.29, 0.717) is 23.2 Å². The molecule has 1 fully saturated rings. The fourth-order valence-corrected chi connectivity index (χ4v) is 6.24. The Balaban J connectivity index is 1.09. The van der Waals surface area contributed by atoms with Crippen molar-refractivity contribution < 1.29 is 17.7 Å². The van der Waals surface area contributed by atoms with E-state index in [1.165, 1.54) is 11.8 Å². The number of aryl methyl sites for hydroxylation is 1. The van der Waals surface area contributed by atoms with Crippen LogP contribution in [0.15, 0.2) is 59.4 Å². The fraction of sp³-hybridized carbons (Fsp3) is 0.400. The number of piperidine rings is 1. The maximum atomic E-state index is 11.6. The molecule has 208 valence electrons. The summed E-state index contributed by atoms with van der Waals surface area (Å²) in [7, 11) is -3.05. The first-order chi connectivity index (χ1) is 19.2. The largest absolute Gasteiger partial charge is 0.487 e. The number of nitrogens with zero attached hydrogens (tertiary/aromatic N) is 5. The standard InChI is InChI=1S/C30H33N5O4S/c1-20(2)27-33-28(39-34-27)25-17-31-29(32-18-25)35-14-12-30(13-15-35)11-10-24-16-23(8-9-26(24)38-30)22-6-4-21(5-7-22)19-40(3,36)37/h4-9,16-18,20H,10-15,19H2,1-3H3. The van der Waals surface area contributed by atoms with Crippen molar-refractivity contribution in [3.8, 4) is 28.3 Å². The second-order valence-corrected chi connectivity index (χ2v) is 13.4. The number of benzene rings is 2. The number of fused-ring (bicyclic) bond motifs is 1. The van der Waals surface area contributed by atoms with Gasteiger partial charge in [0.25, 0.3) is 5.89 Å². The van der Waals surface area contributed by atoms with Crippen molar-refractivity contribution in [1.82, 2.24) is 20.1 Å². The number of sulfone groups is 1. The molecule has 40 heavy (non-hydrogen) atoms. The normalized spacial score (nSPS) is 16.6. The lowest BCUT2D eigenvalue weighted by Gasteiger charge is -2.44. The van der Waals surface area contributed by atoms with Gasteiger partial charge in [-0.05, 0) is 47.2 Å². The van der Waals surface area contributed by atoms with Crippen LogP contribution in [0.5, 0.6) is 5.75 Å². The predicted octanol–water partition coefficient (Wildman–Crippen LogP) is 5.23. The van der Waals surface area contributed by atoms with Gasteiger partial charge in [-0.2, -0.15) is 4.98 Å². The van der Waals surface area contributed by atoms with Gasteiger partial charge in [-0.25, -0.2) is 18.4 Å². The summed E-state index contributed by atoms with van der Waals surface area (Å²) in [5, 5.41) is 4.02. The van der Waals surface area contributed by atoms with E-state index in [1.807, 2.05) is 38.1 Å². The molecule has 0 bridgehead atoms. The van der Waals surface area contributed by atoms with Crippen molar-refractivity contribution in [2.45, 2.75) is 56.8 Å². The summed E-state index contributed by atoms with van der Waals surface area (Å²) >= 11 is 0. The molecule has 2 aliphatic heterocycles. The van der Waals surface area contributed by atoms with E-state index < -0.39 is 9.84 Å². The van der Waals surface area contributed by atoms with Crippen LogP contribution in [0.4, 0.5) is 5.95 Å². The third-order valence-corrected chi connectivity index (χ3v) is 8.61. The van der Waals surface area contributed by atoms with Crippen LogP contribution < -0.4 is 9.64 Å². The summed E-state index contributed by atoms with van der Waals surface area (Å²) in [5.41, 5.74) is 4.74. The van der Waals surface area contributed by atoms with Gasteiger partial charge in [0.15, 0.2) is 15.7 Å². The lowest BCUT2D eigenvalue weighted by Crippen LogP contribution is -2.50. The van der Waals surface area contributed by atoms with Crippen molar-refractivity contribution in [2.24, 2.45) is 0 Å². The van der Waals surface area contributed by atoms with Gasteiger partial charge in [0.2, 0.25) is 5.95 Å². The van der Waals surface area contributed by atoms with Gasteiger partial charge in [0, 0.05) is 50.5 Å². The molecule has 10 heteroatoms. The average Bonchev–Trinajstić information content (AvgIpc) is 3.44. The molecule has 2 aliphatic rings. The minimum atomic E-state index is -3.05. The monoisotopic (exact) mass is 559 g/mol. The second-order valence-electron chi connectivity index (χ2n) is 11.2. The maximum absolute atomic E-state index is 11.6. The maximum Gasteiger partial charge on any atom is 0.261 e. The third kappa shape index (κ3) is 5.58. The van der Waals surface area contributed by atoms with E-state index in [-0.39, 0.29) is 17.3 Å². The molecule has 6 rings (SSSR count). The number of rotatable bonds is 6. The van der Waals surface area contributed by atoms with Gasteiger partial charge in [0.1, 0.15) is 11.4 Å². The number of hydrogen-bond donors (Lipinski definition) is 0. The van der Waals surface area contributed by atoms with Crippen LogP contribution in [-0.2, 0) is 22.0 Å². The highest BCUT2D eigenvalue weighted by Crippen LogP contribution is 2.41. The lowest BCUT2D eigenvalue weighted by atomic mass is 9.82. The Hall–Kier alpha value is -3.79. The highest BCUT2D eigenvalue weighted by Gasteiger charge is 2.40. The molecule has 0 radical (unpaired) electrons. The summed E-state index contributed by atoms with van der Waals surface area (Å²) in [6.07, 6.45) is 8.49. The van der Waals surface area contributed by atoms with Crippen molar-refractivity contribution in [3.63, 3.8) is 0 Å². The number of ether oxygens (including phenoxy) is 1. The summed E-state index contributed by atoms with van der Waals surface area (Å²) in [5.74, 6) is 3.02. The topological polar surface area (TPSA) is 111 Å². The molecule has 0 aliphatic carbocycles. The quantitative estimate of drug-likeness (QED) is 0.314. The zero-order chi connectivity index (χ0) is 27.9. The zero-order valence-electron chi connectivity index (χ0n) is 23.0. The first kappa shape index (κ1) is 26.4. The summed E-state index contributed by atoms with van der Waals surface area (Å²) in [6.45, 7) is 5.69. The van der Waals surface area contributed by atoms with Crippen molar-refractivity contribution in [3.05, 3.63) is 71.8 Å². The SMILES string of the molecule is CC(C)c1noc(-c2cnc(N3CCC4(CCc5cc(-c6ccc(CS(C)(=O)=O)cc6)ccc5O4)CC3)nc2)n1. The molecule has 0 unspecified atom stereocenters. The molecule has 0 amide bonds. The Morgan fingerprint density at radius 2 is 1.65 bits per heavy atom. The molecule has 4 aromatic rings. The summed E-state index contributed by atoms with van der Waals surface area (Å²) in [6, 6.07) is 14.1.